The van der Waals surface area contributed by atoms with E-state index in [4.69, 9.17) is 5.73 Å². The van der Waals surface area contributed by atoms with Crippen molar-refractivity contribution in [2.24, 2.45) is 5.73 Å². The van der Waals surface area contributed by atoms with Crippen LogP contribution < -0.4 is 18.1 Å². The fraction of sp³-hybridized carbons (Fsp3) is 0.667. The third-order valence-corrected chi connectivity index (χ3v) is 2.11. The van der Waals surface area contributed by atoms with Gasteiger partial charge in [0.2, 0.25) is 5.78 Å². The van der Waals surface area contributed by atoms with Gasteiger partial charge in [-0.25, -0.2) is 0 Å². The number of carbonyl (C=O) groups excluding carboxylic acids is 1. The standard InChI is InChI=1S/C9H19N2O.ClH/c1-5-8(12)7-11(3,4)9(10)6-2;/h5,9H,1,6-7,10H2,2-4H3;1H/q+1;/p-1. The highest BCUT2D eigenvalue weighted by atomic mass is 35.5. The molecule has 0 amide bonds. The van der Waals surface area contributed by atoms with Crippen LogP contribution in [0.4, 0.5) is 0 Å². The highest BCUT2D eigenvalue weighted by Crippen LogP contribution is 2.04. The highest BCUT2D eigenvalue weighted by Gasteiger charge is 2.24. The number of hydrogen-bond donors (Lipinski definition) is 1. The lowest BCUT2D eigenvalue weighted by atomic mass is 10.2. The molecule has 1 atom stereocenters. The Morgan fingerprint density at radius 2 is 2.08 bits per heavy atom. The number of halogens is 1. The Kier molecular flexibility index (Phi) is 7.13. The predicted molar refractivity (Wildman–Crippen MR) is 50.4 cm³/mol. The van der Waals surface area contributed by atoms with Crippen molar-refractivity contribution in [3.63, 3.8) is 0 Å². The molecule has 0 spiro atoms. The van der Waals surface area contributed by atoms with Crippen LogP contribution in [0.2, 0.25) is 0 Å². The molecule has 0 saturated carbocycles. The predicted octanol–water partition coefficient (Wildman–Crippen LogP) is -2.48. The molecule has 0 aliphatic rings. The Labute approximate surface area is 86.6 Å². The van der Waals surface area contributed by atoms with Crippen molar-refractivity contribution in [3.05, 3.63) is 12.7 Å². The maximum Gasteiger partial charge on any atom is 0.209 e. The zero-order valence-corrected chi connectivity index (χ0v) is 9.34. The number of ketones is 1. The zero-order valence-electron chi connectivity index (χ0n) is 8.59. The average Bonchev–Trinajstić information content (AvgIpc) is 2.02. The summed E-state index contributed by atoms with van der Waals surface area (Å²) in [7, 11) is 3.91. The van der Waals surface area contributed by atoms with Gasteiger partial charge in [-0.15, -0.1) is 0 Å². The van der Waals surface area contributed by atoms with Gasteiger partial charge in [0, 0.05) is 6.42 Å². The molecule has 0 radical (unpaired) electrons. The summed E-state index contributed by atoms with van der Waals surface area (Å²) in [6.45, 7) is 5.88. The molecule has 0 saturated heterocycles. The van der Waals surface area contributed by atoms with Crippen molar-refractivity contribution in [3.8, 4) is 0 Å². The summed E-state index contributed by atoms with van der Waals surface area (Å²) in [5.74, 6) is 0.0453. The van der Waals surface area contributed by atoms with E-state index in [2.05, 4.69) is 6.58 Å². The van der Waals surface area contributed by atoms with E-state index in [1.807, 2.05) is 21.0 Å². The van der Waals surface area contributed by atoms with Crippen LogP contribution in [0.15, 0.2) is 12.7 Å². The molecule has 2 N–H and O–H groups in total. The number of quaternary nitrogens is 1. The van der Waals surface area contributed by atoms with Crippen LogP contribution in [-0.2, 0) is 4.79 Å². The summed E-state index contributed by atoms with van der Waals surface area (Å²) >= 11 is 0. The van der Waals surface area contributed by atoms with Gasteiger partial charge >= 0.3 is 0 Å². The maximum absolute atomic E-state index is 11.1. The summed E-state index contributed by atoms with van der Waals surface area (Å²) in [5, 5.41) is 0. The van der Waals surface area contributed by atoms with Crippen LogP contribution in [0.1, 0.15) is 13.3 Å². The Hall–Kier alpha value is -0.380. The van der Waals surface area contributed by atoms with Gasteiger partial charge < -0.3 is 16.9 Å². The summed E-state index contributed by atoms with van der Waals surface area (Å²) in [6.07, 6.45) is 2.24. The quantitative estimate of drug-likeness (QED) is 0.308. The van der Waals surface area contributed by atoms with Crippen molar-refractivity contribution in [2.45, 2.75) is 19.5 Å². The van der Waals surface area contributed by atoms with Crippen LogP contribution in [0, 0.1) is 0 Å². The van der Waals surface area contributed by atoms with Crippen molar-refractivity contribution in [1.82, 2.24) is 0 Å². The molecule has 0 aliphatic heterocycles. The molecule has 0 heterocycles. The second-order valence-electron chi connectivity index (χ2n) is 3.58. The molecule has 0 rings (SSSR count). The maximum atomic E-state index is 11.1. The minimum Gasteiger partial charge on any atom is -1.00 e. The molecule has 0 fully saturated rings. The second-order valence-corrected chi connectivity index (χ2v) is 3.58. The average molecular weight is 207 g/mol. The van der Waals surface area contributed by atoms with E-state index in [9.17, 15) is 4.79 Å². The number of rotatable bonds is 5. The van der Waals surface area contributed by atoms with Gasteiger partial charge in [-0.1, -0.05) is 13.5 Å². The number of hydrogen-bond acceptors (Lipinski definition) is 2. The molecule has 0 aromatic heterocycles. The number of carbonyl (C=O) groups is 1. The Morgan fingerprint density at radius 3 is 2.38 bits per heavy atom. The summed E-state index contributed by atoms with van der Waals surface area (Å²) in [4.78, 5) is 11.1. The van der Waals surface area contributed by atoms with Crippen molar-refractivity contribution in [2.75, 3.05) is 20.6 Å². The third-order valence-electron chi connectivity index (χ3n) is 2.11. The SMILES string of the molecule is C=CC(=O)C[N+](C)(C)C(N)CC.[Cl-]. The first-order valence-corrected chi connectivity index (χ1v) is 4.17. The van der Waals surface area contributed by atoms with Crippen molar-refractivity contribution < 1.29 is 21.7 Å². The molecule has 0 bridgehead atoms. The summed E-state index contributed by atoms with van der Waals surface area (Å²) in [6, 6.07) is 0. The molecule has 3 nitrogen and oxygen atoms in total. The zero-order chi connectivity index (χ0) is 9.78. The van der Waals surface area contributed by atoms with E-state index in [1.54, 1.807) is 0 Å². The first-order chi connectivity index (χ1) is 5.44. The normalized spacial score (nSPS) is 12.9. The molecule has 78 valence electrons. The molecule has 13 heavy (non-hydrogen) atoms. The Morgan fingerprint density at radius 1 is 1.62 bits per heavy atom. The first kappa shape index (κ1) is 15.1. The van der Waals surface area contributed by atoms with Gasteiger partial charge in [-0.2, -0.15) is 0 Å². The monoisotopic (exact) mass is 206 g/mol. The smallest absolute Gasteiger partial charge is 0.209 e. The Balaban J connectivity index is 0. The summed E-state index contributed by atoms with van der Waals surface area (Å²) in [5.41, 5.74) is 5.84. The molecule has 1 unspecified atom stereocenters. The highest BCUT2D eigenvalue weighted by molar-refractivity contribution is 5.90. The lowest BCUT2D eigenvalue weighted by Crippen LogP contribution is -3.00. The molecule has 0 aliphatic carbocycles. The van der Waals surface area contributed by atoms with E-state index < -0.39 is 0 Å². The van der Waals surface area contributed by atoms with Crippen LogP contribution in [0.25, 0.3) is 0 Å². The minimum absolute atomic E-state index is 0. The lowest BCUT2D eigenvalue weighted by molar-refractivity contribution is -0.907. The molecule has 4 heteroatoms. The van der Waals surface area contributed by atoms with Gasteiger partial charge in [0.25, 0.3) is 0 Å². The van der Waals surface area contributed by atoms with Gasteiger partial charge in [0.1, 0.15) is 12.7 Å². The van der Waals surface area contributed by atoms with E-state index in [0.717, 1.165) is 6.42 Å². The fourth-order valence-electron chi connectivity index (χ4n) is 1.08. The third kappa shape index (κ3) is 5.03. The van der Waals surface area contributed by atoms with Gasteiger partial charge in [0.05, 0.1) is 14.1 Å². The van der Waals surface area contributed by atoms with E-state index >= 15 is 0 Å². The molecule has 0 aromatic carbocycles. The van der Waals surface area contributed by atoms with E-state index in [1.165, 1.54) is 6.08 Å². The van der Waals surface area contributed by atoms with Crippen molar-refractivity contribution in [1.29, 1.82) is 0 Å². The van der Waals surface area contributed by atoms with Crippen LogP contribution in [-0.4, -0.2) is 37.1 Å². The number of nitrogens with zero attached hydrogens (tertiary/aromatic N) is 1. The molecular formula is C9H19ClN2O. The van der Waals surface area contributed by atoms with E-state index in [0.29, 0.717) is 11.0 Å². The van der Waals surface area contributed by atoms with Crippen LogP contribution >= 0.6 is 0 Å². The van der Waals surface area contributed by atoms with E-state index in [-0.39, 0.29) is 24.4 Å². The summed E-state index contributed by atoms with van der Waals surface area (Å²) < 4.78 is 0.529. The van der Waals surface area contributed by atoms with Gasteiger partial charge in [0.15, 0.2) is 0 Å². The largest absolute Gasteiger partial charge is 1.00 e. The second kappa shape index (κ2) is 6.13. The lowest BCUT2D eigenvalue weighted by Gasteiger charge is -2.34. The Bertz CT molecular complexity index is 180. The number of likely N-dealkylation sites (N-methyl/N-ethyl adjacent to an activating group) is 1. The molecular weight excluding hydrogens is 188 g/mol. The van der Waals surface area contributed by atoms with Gasteiger partial charge in [-0.3, -0.25) is 10.5 Å². The minimum atomic E-state index is 0. The van der Waals surface area contributed by atoms with Crippen LogP contribution in [0.3, 0.4) is 0 Å². The molecule has 0 aromatic rings. The first-order valence-electron chi connectivity index (χ1n) is 4.17. The van der Waals surface area contributed by atoms with Gasteiger partial charge in [-0.05, 0) is 6.08 Å². The topological polar surface area (TPSA) is 43.1 Å². The number of nitrogens with two attached hydrogens (primary N) is 1. The van der Waals surface area contributed by atoms with Crippen molar-refractivity contribution >= 4 is 5.78 Å². The van der Waals surface area contributed by atoms with Crippen LogP contribution in [0.5, 0.6) is 0 Å². The fourth-order valence-corrected chi connectivity index (χ4v) is 1.08.